The fourth-order valence-electron chi connectivity index (χ4n) is 2.85. The molecule has 0 fully saturated rings. The summed E-state index contributed by atoms with van der Waals surface area (Å²) in [5.74, 6) is 0. The Kier molecular flexibility index (Phi) is 4.27. The lowest BCUT2D eigenvalue weighted by molar-refractivity contribution is 0.553. The minimum atomic E-state index is 0.345. The molecule has 0 saturated carbocycles. The standard InChI is InChI=1S/C19H20N2/c1-20-19(11-10-15-6-3-2-4-7-15)17-9-5-8-16-12-13-21-14-18(16)17/h2-9,12-14,19-20H,10-11H2,1H3. The zero-order valence-corrected chi connectivity index (χ0v) is 12.3. The summed E-state index contributed by atoms with van der Waals surface area (Å²) in [4.78, 5) is 4.28. The number of pyridine rings is 1. The number of hydrogen-bond donors (Lipinski definition) is 1. The Morgan fingerprint density at radius 1 is 1.00 bits per heavy atom. The molecule has 106 valence electrons. The van der Waals surface area contributed by atoms with Crippen LogP contribution in [0, 0.1) is 0 Å². The molecule has 1 aromatic heterocycles. The summed E-state index contributed by atoms with van der Waals surface area (Å²) in [6, 6.07) is 19.5. The molecule has 3 aromatic rings. The van der Waals surface area contributed by atoms with Crippen LogP contribution in [0.15, 0.2) is 67.0 Å². The first-order valence-corrected chi connectivity index (χ1v) is 7.42. The Bertz CT molecular complexity index is 702. The van der Waals surface area contributed by atoms with Crippen LogP contribution in [0.1, 0.15) is 23.6 Å². The molecule has 21 heavy (non-hydrogen) atoms. The fraction of sp³-hybridized carbons (Fsp3) is 0.211. The van der Waals surface area contributed by atoms with E-state index in [0.29, 0.717) is 6.04 Å². The summed E-state index contributed by atoms with van der Waals surface area (Å²) in [5, 5.41) is 5.95. The maximum absolute atomic E-state index is 4.28. The first-order chi connectivity index (χ1) is 10.4. The molecule has 1 unspecified atom stereocenters. The highest BCUT2D eigenvalue weighted by atomic mass is 14.9. The fourth-order valence-corrected chi connectivity index (χ4v) is 2.85. The van der Waals surface area contributed by atoms with E-state index in [2.05, 4.69) is 64.9 Å². The van der Waals surface area contributed by atoms with Crippen molar-refractivity contribution in [3.8, 4) is 0 Å². The van der Waals surface area contributed by atoms with Gasteiger partial charge in [-0.25, -0.2) is 0 Å². The molecule has 0 spiro atoms. The molecule has 1 heterocycles. The van der Waals surface area contributed by atoms with Gasteiger partial charge in [0.1, 0.15) is 0 Å². The predicted octanol–water partition coefficient (Wildman–Crippen LogP) is 4.13. The van der Waals surface area contributed by atoms with E-state index < -0.39 is 0 Å². The average Bonchev–Trinajstić information content (AvgIpc) is 2.56. The number of fused-ring (bicyclic) bond motifs is 1. The summed E-state index contributed by atoms with van der Waals surface area (Å²) in [7, 11) is 2.03. The third-order valence-electron chi connectivity index (χ3n) is 4.01. The SMILES string of the molecule is CNC(CCc1ccccc1)c1cccc2ccncc12. The number of nitrogens with one attached hydrogen (secondary N) is 1. The molecule has 1 N–H and O–H groups in total. The second-order valence-electron chi connectivity index (χ2n) is 5.31. The molecular weight excluding hydrogens is 256 g/mol. The van der Waals surface area contributed by atoms with Gasteiger partial charge < -0.3 is 5.32 Å². The van der Waals surface area contributed by atoms with E-state index in [4.69, 9.17) is 0 Å². The van der Waals surface area contributed by atoms with Gasteiger partial charge in [-0.15, -0.1) is 0 Å². The largest absolute Gasteiger partial charge is 0.313 e. The molecule has 2 aromatic carbocycles. The van der Waals surface area contributed by atoms with Gasteiger partial charge in [-0.3, -0.25) is 4.98 Å². The van der Waals surface area contributed by atoms with Gasteiger partial charge in [0.05, 0.1) is 0 Å². The third-order valence-corrected chi connectivity index (χ3v) is 4.01. The van der Waals surface area contributed by atoms with Crippen LogP contribution < -0.4 is 5.32 Å². The van der Waals surface area contributed by atoms with Crippen molar-refractivity contribution in [2.45, 2.75) is 18.9 Å². The highest BCUT2D eigenvalue weighted by Crippen LogP contribution is 2.26. The van der Waals surface area contributed by atoms with E-state index in [1.807, 2.05) is 19.4 Å². The van der Waals surface area contributed by atoms with Crippen molar-refractivity contribution >= 4 is 10.8 Å². The van der Waals surface area contributed by atoms with E-state index in [1.54, 1.807) is 0 Å². The predicted molar refractivity (Wildman–Crippen MR) is 88.3 cm³/mol. The number of rotatable bonds is 5. The Balaban J connectivity index is 1.85. The summed E-state index contributed by atoms with van der Waals surface area (Å²) in [6.07, 6.45) is 5.97. The van der Waals surface area contributed by atoms with Crippen LogP contribution in [0.5, 0.6) is 0 Å². The van der Waals surface area contributed by atoms with Crippen molar-refractivity contribution in [1.29, 1.82) is 0 Å². The topological polar surface area (TPSA) is 24.9 Å². The molecule has 3 rings (SSSR count). The molecule has 2 nitrogen and oxygen atoms in total. The molecule has 1 atom stereocenters. The molecule has 0 radical (unpaired) electrons. The lowest BCUT2D eigenvalue weighted by Gasteiger charge is -2.18. The van der Waals surface area contributed by atoms with Crippen molar-refractivity contribution < 1.29 is 0 Å². The number of nitrogens with zero attached hydrogens (tertiary/aromatic N) is 1. The number of aromatic nitrogens is 1. The Hall–Kier alpha value is -2.19. The highest BCUT2D eigenvalue weighted by Gasteiger charge is 2.12. The van der Waals surface area contributed by atoms with Crippen LogP contribution in [0.25, 0.3) is 10.8 Å². The Labute approximate surface area is 125 Å². The van der Waals surface area contributed by atoms with Crippen LogP contribution in [0.3, 0.4) is 0 Å². The maximum atomic E-state index is 4.28. The van der Waals surface area contributed by atoms with Gasteiger partial charge in [0, 0.05) is 23.8 Å². The first-order valence-electron chi connectivity index (χ1n) is 7.42. The van der Waals surface area contributed by atoms with Crippen LogP contribution >= 0.6 is 0 Å². The van der Waals surface area contributed by atoms with Crippen molar-refractivity contribution in [2.24, 2.45) is 0 Å². The van der Waals surface area contributed by atoms with Crippen LogP contribution in [-0.4, -0.2) is 12.0 Å². The van der Waals surface area contributed by atoms with Gasteiger partial charge >= 0.3 is 0 Å². The van der Waals surface area contributed by atoms with Crippen molar-refractivity contribution in [3.05, 3.63) is 78.1 Å². The minimum Gasteiger partial charge on any atom is -0.313 e. The lowest BCUT2D eigenvalue weighted by Crippen LogP contribution is -2.17. The summed E-state index contributed by atoms with van der Waals surface area (Å²) < 4.78 is 0. The molecule has 0 bridgehead atoms. The van der Waals surface area contributed by atoms with E-state index >= 15 is 0 Å². The summed E-state index contributed by atoms with van der Waals surface area (Å²) in [6.45, 7) is 0. The second-order valence-corrected chi connectivity index (χ2v) is 5.31. The molecule has 0 aliphatic rings. The van der Waals surface area contributed by atoms with Gasteiger partial charge in [0.25, 0.3) is 0 Å². The zero-order chi connectivity index (χ0) is 14.5. The molecule has 0 aliphatic heterocycles. The Morgan fingerprint density at radius 2 is 1.86 bits per heavy atom. The van der Waals surface area contributed by atoms with Crippen molar-refractivity contribution in [1.82, 2.24) is 10.3 Å². The second kappa shape index (κ2) is 6.51. The lowest BCUT2D eigenvalue weighted by atomic mass is 9.95. The third kappa shape index (κ3) is 3.11. The van der Waals surface area contributed by atoms with E-state index in [9.17, 15) is 0 Å². The number of benzene rings is 2. The molecule has 0 saturated heterocycles. The van der Waals surface area contributed by atoms with Crippen molar-refractivity contribution in [3.63, 3.8) is 0 Å². The smallest absolute Gasteiger partial charge is 0.0349 e. The van der Waals surface area contributed by atoms with Crippen LogP contribution in [-0.2, 0) is 6.42 Å². The number of aryl methyl sites for hydroxylation is 1. The van der Waals surface area contributed by atoms with E-state index in [0.717, 1.165) is 12.8 Å². The Morgan fingerprint density at radius 3 is 2.67 bits per heavy atom. The first kappa shape index (κ1) is 13.8. The normalized spacial score (nSPS) is 12.4. The van der Waals surface area contributed by atoms with Gasteiger partial charge in [0.2, 0.25) is 0 Å². The monoisotopic (exact) mass is 276 g/mol. The van der Waals surface area contributed by atoms with E-state index in [1.165, 1.54) is 21.9 Å². The van der Waals surface area contributed by atoms with E-state index in [-0.39, 0.29) is 0 Å². The van der Waals surface area contributed by atoms with Gasteiger partial charge in [0.15, 0.2) is 0 Å². The minimum absolute atomic E-state index is 0.345. The van der Waals surface area contributed by atoms with Crippen molar-refractivity contribution in [2.75, 3.05) is 7.05 Å². The van der Waals surface area contributed by atoms with Gasteiger partial charge in [-0.2, -0.15) is 0 Å². The van der Waals surface area contributed by atoms with Gasteiger partial charge in [-0.1, -0.05) is 48.5 Å². The number of hydrogen-bond acceptors (Lipinski definition) is 2. The quantitative estimate of drug-likeness (QED) is 0.758. The molecular formula is C19H20N2. The van der Waals surface area contributed by atoms with Crippen LogP contribution in [0.4, 0.5) is 0 Å². The van der Waals surface area contributed by atoms with Crippen LogP contribution in [0.2, 0.25) is 0 Å². The highest BCUT2D eigenvalue weighted by molar-refractivity contribution is 5.85. The maximum Gasteiger partial charge on any atom is 0.0349 e. The molecule has 2 heteroatoms. The summed E-state index contributed by atoms with van der Waals surface area (Å²) in [5.41, 5.74) is 2.72. The molecule has 0 amide bonds. The summed E-state index contributed by atoms with van der Waals surface area (Å²) >= 11 is 0. The van der Waals surface area contributed by atoms with Gasteiger partial charge in [-0.05, 0) is 42.5 Å². The molecule has 0 aliphatic carbocycles. The average molecular weight is 276 g/mol. The zero-order valence-electron chi connectivity index (χ0n) is 12.3.